The Morgan fingerprint density at radius 1 is 1.00 bits per heavy atom. The number of aryl methyl sites for hydroxylation is 1. The van der Waals surface area contributed by atoms with Crippen LogP contribution in [0.3, 0.4) is 0 Å². The quantitative estimate of drug-likeness (QED) is 0.764. The third kappa shape index (κ3) is 4.25. The molecule has 0 amide bonds. The Kier molecular flexibility index (Phi) is 5.22. The van der Waals surface area contributed by atoms with Crippen LogP contribution in [0.4, 0.5) is 0 Å². The van der Waals surface area contributed by atoms with Gasteiger partial charge in [-0.2, -0.15) is 0 Å². The van der Waals surface area contributed by atoms with Crippen molar-refractivity contribution in [1.82, 2.24) is 15.1 Å². The molecule has 2 fully saturated rings. The highest BCUT2D eigenvalue weighted by Crippen LogP contribution is 2.18. The first-order valence-electron chi connectivity index (χ1n) is 8.10. The molecule has 1 aromatic rings. The van der Waals surface area contributed by atoms with Gasteiger partial charge < -0.3 is 13.9 Å². The molecule has 2 atom stereocenters. The van der Waals surface area contributed by atoms with Crippen LogP contribution in [0.25, 0.3) is 0 Å². The second-order valence-electron chi connectivity index (χ2n) is 5.91. The molecule has 0 bridgehead atoms. The standard InChI is InChI=1S/C15H25N3O3/c1-2-14-16-17-15(21-14)11-18(9-12-5-3-7-19-12)10-13-6-4-8-20-13/h12-13H,2-11H2,1H3. The lowest BCUT2D eigenvalue weighted by Gasteiger charge is -2.26. The zero-order valence-electron chi connectivity index (χ0n) is 12.8. The number of hydrogen-bond acceptors (Lipinski definition) is 6. The smallest absolute Gasteiger partial charge is 0.230 e. The first kappa shape index (κ1) is 14.9. The van der Waals surface area contributed by atoms with Crippen molar-refractivity contribution in [2.75, 3.05) is 26.3 Å². The highest BCUT2D eigenvalue weighted by atomic mass is 16.5. The van der Waals surface area contributed by atoms with Gasteiger partial charge in [-0.3, -0.25) is 4.90 Å². The molecule has 1 aromatic heterocycles. The van der Waals surface area contributed by atoms with Gasteiger partial charge in [-0.15, -0.1) is 10.2 Å². The molecule has 0 saturated carbocycles. The van der Waals surface area contributed by atoms with Crippen molar-refractivity contribution < 1.29 is 13.9 Å². The summed E-state index contributed by atoms with van der Waals surface area (Å²) >= 11 is 0. The zero-order valence-corrected chi connectivity index (χ0v) is 12.8. The van der Waals surface area contributed by atoms with Gasteiger partial charge in [0.25, 0.3) is 0 Å². The van der Waals surface area contributed by atoms with E-state index in [1.807, 2.05) is 6.92 Å². The highest BCUT2D eigenvalue weighted by Gasteiger charge is 2.25. The topological polar surface area (TPSA) is 60.6 Å². The molecular formula is C15H25N3O3. The van der Waals surface area contributed by atoms with Crippen LogP contribution in [-0.2, 0) is 22.4 Å². The van der Waals surface area contributed by atoms with Crippen LogP contribution in [0.1, 0.15) is 44.4 Å². The molecule has 2 saturated heterocycles. The highest BCUT2D eigenvalue weighted by molar-refractivity contribution is 4.84. The largest absolute Gasteiger partial charge is 0.424 e. The summed E-state index contributed by atoms with van der Waals surface area (Å²) in [6.45, 7) is 6.33. The third-order valence-corrected chi connectivity index (χ3v) is 4.14. The Bertz CT molecular complexity index is 408. The first-order chi connectivity index (χ1) is 10.3. The minimum Gasteiger partial charge on any atom is -0.424 e. The van der Waals surface area contributed by atoms with Gasteiger partial charge in [-0.1, -0.05) is 6.92 Å². The van der Waals surface area contributed by atoms with Crippen molar-refractivity contribution >= 4 is 0 Å². The fraction of sp³-hybridized carbons (Fsp3) is 0.867. The van der Waals surface area contributed by atoms with Crippen LogP contribution in [-0.4, -0.2) is 53.6 Å². The summed E-state index contributed by atoms with van der Waals surface area (Å²) in [6, 6.07) is 0. The summed E-state index contributed by atoms with van der Waals surface area (Å²) in [5.41, 5.74) is 0. The Labute approximate surface area is 125 Å². The third-order valence-electron chi connectivity index (χ3n) is 4.14. The molecule has 0 aromatic carbocycles. The number of nitrogens with zero attached hydrogens (tertiary/aromatic N) is 3. The van der Waals surface area contributed by atoms with E-state index in [0.29, 0.717) is 30.5 Å². The molecule has 21 heavy (non-hydrogen) atoms. The van der Waals surface area contributed by atoms with Gasteiger partial charge in [0.1, 0.15) is 0 Å². The van der Waals surface area contributed by atoms with Crippen LogP contribution in [0, 0.1) is 0 Å². The van der Waals surface area contributed by atoms with E-state index in [1.54, 1.807) is 0 Å². The lowest BCUT2D eigenvalue weighted by molar-refractivity contribution is 0.0315. The van der Waals surface area contributed by atoms with E-state index in [0.717, 1.165) is 45.6 Å². The number of aromatic nitrogens is 2. The summed E-state index contributed by atoms with van der Waals surface area (Å²) in [4.78, 5) is 2.35. The van der Waals surface area contributed by atoms with Gasteiger partial charge >= 0.3 is 0 Å². The van der Waals surface area contributed by atoms with E-state index in [-0.39, 0.29) is 0 Å². The monoisotopic (exact) mass is 295 g/mol. The van der Waals surface area contributed by atoms with E-state index < -0.39 is 0 Å². The molecule has 2 aliphatic rings. The van der Waals surface area contributed by atoms with Gasteiger partial charge in [0.2, 0.25) is 11.8 Å². The molecule has 6 heteroatoms. The summed E-state index contributed by atoms with van der Waals surface area (Å²) in [5, 5.41) is 8.18. The average Bonchev–Trinajstić information content (AvgIpc) is 3.20. The first-order valence-corrected chi connectivity index (χ1v) is 8.10. The molecule has 2 unspecified atom stereocenters. The van der Waals surface area contributed by atoms with Crippen molar-refractivity contribution in [3.8, 4) is 0 Å². The zero-order chi connectivity index (χ0) is 14.5. The maximum absolute atomic E-state index is 5.76. The van der Waals surface area contributed by atoms with Crippen LogP contribution < -0.4 is 0 Å². The molecule has 2 aliphatic heterocycles. The van der Waals surface area contributed by atoms with Crippen molar-refractivity contribution in [2.24, 2.45) is 0 Å². The summed E-state index contributed by atoms with van der Waals surface area (Å²) < 4.78 is 17.2. The maximum Gasteiger partial charge on any atom is 0.230 e. The predicted molar refractivity (Wildman–Crippen MR) is 76.9 cm³/mol. The Balaban J connectivity index is 1.58. The number of hydrogen-bond donors (Lipinski definition) is 0. The lowest BCUT2D eigenvalue weighted by Crippen LogP contribution is -2.37. The second kappa shape index (κ2) is 7.33. The minimum absolute atomic E-state index is 0.333. The van der Waals surface area contributed by atoms with Gasteiger partial charge in [0.05, 0.1) is 18.8 Å². The Morgan fingerprint density at radius 3 is 2.10 bits per heavy atom. The minimum atomic E-state index is 0.333. The molecule has 6 nitrogen and oxygen atoms in total. The maximum atomic E-state index is 5.76. The summed E-state index contributed by atoms with van der Waals surface area (Å²) in [5.74, 6) is 1.40. The molecule has 3 heterocycles. The van der Waals surface area contributed by atoms with Crippen molar-refractivity contribution in [1.29, 1.82) is 0 Å². The van der Waals surface area contributed by atoms with Crippen molar-refractivity contribution in [3.05, 3.63) is 11.8 Å². The fourth-order valence-corrected chi connectivity index (χ4v) is 3.04. The molecule has 0 aliphatic carbocycles. The second-order valence-corrected chi connectivity index (χ2v) is 5.91. The van der Waals surface area contributed by atoms with E-state index in [9.17, 15) is 0 Å². The van der Waals surface area contributed by atoms with Crippen molar-refractivity contribution in [2.45, 2.75) is 57.8 Å². The normalized spacial score (nSPS) is 26.0. The molecule has 0 radical (unpaired) electrons. The van der Waals surface area contributed by atoms with Gasteiger partial charge in [-0.25, -0.2) is 0 Å². The molecular weight excluding hydrogens is 270 g/mol. The summed E-state index contributed by atoms with van der Waals surface area (Å²) in [7, 11) is 0. The average molecular weight is 295 g/mol. The van der Waals surface area contributed by atoms with Gasteiger partial charge in [0.15, 0.2) is 0 Å². The van der Waals surface area contributed by atoms with Gasteiger partial charge in [0, 0.05) is 32.7 Å². The van der Waals surface area contributed by atoms with E-state index >= 15 is 0 Å². The van der Waals surface area contributed by atoms with E-state index in [1.165, 1.54) is 12.8 Å². The lowest BCUT2D eigenvalue weighted by atomic mass is 10.2. The molecule has 3 rings (SSSR count). The van der Waals surface area contributed by atoms with Crippen molar-refractivity contribution in [3.63, 3.8) is 0 Å². The van der Waals surface area contributed by atoms with Gasteiger partial charge in [-0.05, 0) is 25.7 Å². The summed E-state index contributed by atoms with van der Waals surface area (Å²) in [6.07, 6.45) is 6.07. The fourth-order valence-electron chi connectivity index (χ4n) is 3.04. The SMILES string of the molecule is CCc1nnc(CN(CC2CCCO2)CC2CCCO2)o1. The molecule has 0 N–H and O–H groups in total. The van der Waals surface area contributed by atoms with Crippen LogP contribution in [0.15, 0.2) is 4.42 Å². The number of rotatable bonds is 7. The van der Waals surface area contributed by atoms with Crippen LogP contribution in [0.5, 0.6) is 0 Å². The number of ether oxygens (including phenoxy) is 2. The van der Waals surface area contributed by atoms with E-state index in [2.05, 4.69) is 15.1 Å². The molecule has 0 spiro atoms. The Morgan fingerprint density at radius 2 is 1.62 bits per heavy atom. The van der Waals surface area contributed by atoms with Crippen LogP contribution in [0.2, 0.25) is 0 Å². The Hall–Kier alpha value is -0.980. The van der Waals surface area contributed by atoms with Crippen LogP contribution >= 0.6 is 0 Å². The molecule has 118 valence electrons. The predicted octanol–water partition coefficient (Wildman–Crippen LogP) is 1.79. The van der Waals surface area contributed by atoms with E-state index in [4.69, 9.17) is 13.9 Å².